The second-order valence-corrected chi connectivity index (χ2v) is 7.49. The van der Waals surface area contributed by atoms with Gasteiger partial charge in [-0.05, 0) is 51.3 Å². The number of nitrogens with zero attached hydrogens (tertiary/aromatic N) is 1. The van der Waals surface area contributed by atoms with Crippen LogP contribution in [0.2, 0.25) is 0 Å². The van der Waals surface area contributed by atoms with Crippen molar-refractivity contribution in [2.45, 2.75) is 64.8 Å². The van der Waals surface area contributed by atoms with Gasteiger partial charge in [-0.1, -0.05) is 19.1 Å². The van der Waals surface area contributed by atoms with E-state index >= 15 is 0 Å². The normalized spacial score (nSPS) is 23.9. The fraction of sp³-hybridized carbons (Fsp3) is 0.650. The monoisotopic (exact) mass is 348 g/mol. The van der Waals surface area contributed by atoms with Gasteiger partial charge in [-0.3, -0.25) is 9.69 Å². The summed E-state index contributed by atoms with van der Waals surface area (Å²) in [5.74, 6) is -0.0852. The van der Waals surface area contributed by atoms with Crippen LogP contribution in [-0.4, -0.2) is 53.4 Å². The van der Waals surface area contributed by atoms with Crippen LogP contribution in [-0.2, 0) is 11.3 Å². The van der Waals surface area contributed by atoms with E-state index in [9.17, 15) is 9.90 Å². The summed E-state index contributed by atoms with van der Waals surface area (Å²) in [7, 11) is 0. The van der Waals surface area contributed by atoms with Gasteiger partial charge in [0.1, 0.15) is 0 Å². The Kier molecular flexibility index (Phi) is 6.99. The van der Waals surface area contributed by atoms with E-state index in [1.54, 1.807) is 0 Å². The van der Waals surface area contributed by atoms with Gasteiger partial charge in [0.05, 0.1) is 12.2 Å². The molecular weight excluding hydrogens is 316 g/mol. The van der Waals surface area contributed by atoms with E-state index in [4.69, 9.17) is 4.74 Å². The number of carbonyl (C=O) groups is 1. The fourth-order valence-electron chi connectivity index (χ4n) is 3.35. The molecule has 0 spiro atoms. The topological polar surface area (TPSA) is 61.8 Å². The highest BCUT2D eigenvalue weighted by molar-refractivity contribution is 5.94. The molecule has 3 unspecified atom stereocenters. The molecule has 2 rings (SSSR count). The van der Waals surface area contributed by atoms with Crippen LogP contribution >= 0.6 is 0 Å². The first-order chi connectivity index (χ1) is 11.8. The van der Waals surface area contributed by atoms with Gasteiger partial charge in [0.2, 0.25) is 0 Å². The molecule has 3 atom stereocenters. The third kappa shape index (κ3) is 5.80. The van der Waals surface area contributed by atoms with Crippen LogP contribution in [0.3, 0.4) is 0 Å². The van der Waals surface area contributed by atoms with E-state index in [1.165, 1.54) is 5.56 Å². The van der Waals surface area contributed by atoms with Crippen molar-refractivity contribution in [2.75, 3.05) is 19.7 Å². The van der Waals surface area contributed by atoms with Crippen molar-refractivity contribution in [1.82, 2.24) is 10.2 Å². The Morgan fingerprint density at radius 3 is 2.40 bits per heavy atom. The number of ether oxygens (including phenoxy) is 1. The summed E-state index contributed by atoms with van der Waals surface area (Å²) in [6.07, 6.45) is 1.85. The van der Waals surface area contributed by atoms with E-state index in [2.05, 4.69) is 24.1 Å². The lowest BCUT2D eigenvalue weighted by Gasteiger charge is -2.35. The first-order valence-corrected chi connectivity index (χ1v) is 9.25. The van der Waals surface area contributed by atoms with E-state index in [-0.39, 0.29) is 30.3 Å². The Labute approximate surface area is 151 Å². The Morgan fingerprint density at radius 2 is 1.88 bits per heavy atom. The minimum absolute atomic E-state index is 0.0694. The minimum Gasteiger partial charge on any atom is -0.396 e. The van der Waals surface area contributed by atoms with Gasteiger partial charge in [-0.25, -0.2) is 0 Å². The van der Waals surface area contributed by atoms with Gasteiger partial charge in [0.25, 0.3) is 5.91 Å². The first-order valence-electron chi connectivity index (χ1n) is 9.25. The predicted molar refractivity (Wildman–Crippen MR) is 99.6 cm³/mol. The molecule has 5 heteroatoms. The van der Waals surface area contributed by atoms with Crippen LogP contribution in [0.5, 0.6) is 0 Å². The maximum atomic E-state index is 12.5. The molecule has 1 heterocycles. The summed E-state index contributed by atoms with van der Waals surface area (Å²) in [5, 5.41) is 12.2. The first kappa shape index (κ1) is 19.9. The molecule has 5 nitrogen and oxygen atoms in total. The van der Waals surface area contributed by atoms with Crippen LogP contribution in [0.25, 0.3) is 0 Å². The third-order valence-electron chi connectivity index (χ3n) is 4.98. The molecule has 0 saturated carbocycles. The molecule has 0 aromatic heterocycles. The highest BCUT2D eigenvalue weighted by atomic mass is 16.5. The molecule has 25 heavy (non-hydrogen) atoms. The van der Waals surface area contributed by atoms with Crippen molar-refractivity contribution >= 4 is 5.91 Å². The van der Waals surface area contributed by atoms with Gasteiger partial charge >= 0.3 is 0 Å². The quantitative estimate of drug-likeness (QED) is 0.795. The van der Waals surface area contributed by atoms with Gasteiger partial charge in [0.15, 0.2) is 0 Å². The van der Waals surface area contributed by atoms with Crippen LogP contribution in [0.4, 0.5) is 0 Å². The van der Waals surface area contributed by atoms with Crippen molar-refractivity contribution < 1.29 is 14.6 Å². The number of nitrogens with one attached hydrogen (secondary N) is 1. The van der Waals surface area contributed by atoms with E-state index in [0.29, 0.717) is 12.0 Å². The molecule has 1 aliphatic rings. The number of aliphatic hydroxyl groups is 1. The number of carbonyl (C=O) groups excluding carboxylic acids is 1. The SMILES string of the molecule is CCC(C)(CCO)NC(=O)c1ccc(CN2CC(C)OC(C)C2)cc1. The zero-order chi connectivity index (χ0) is 18.4. The molecule has 1 saturated heterocycles. The molecule has 0 radical (unpaired) electrons. The number of benzene rings is 1. The van der Waals surface area contributed by atoms with Gasteiger partial charge in [0, 0.05) is 37.3 Å². The maximum absolute atomic E-state index is 12.5. The summed E-state index contributed by atoms with van der Waals surface area (Å²) in [6.45, 7) is 11.0. The van der Waals surface area contributed by atoms with E-state index in [0.717, 1.165) is 26.1 Å². The number of rotatable bonds is 7. The van der Waals surface area contributed by atoms with Crippen LogP contribution in [0.1, 0.15) is 56.5 Å². The number of amides is 1. The van der Waals surface area contributed by atoms with E-state index < -0.39 is 0 Å². The molecule has 1 aromatic carbocycles. The van der Waals surface area contributed by atoms with E-state index in [1.807, 2.05) is 38.1 Å². The standard InChI is InChI=1S/C20H32N2O3/c1-5-20(4,10-11-23)21-19(24)18-8-6-17(7-9-18)14-22-12-15(2)25-16(3)13-22/h6-9,15-16,23H,5,10-14H2,1-4H3,(H,21,24). The lowest BCUT2D eigenvalue weighted by Crippen LogP contribution is -2.46. The summed E-state index contributed by atoms with van der Waals surface area (Å²) in [5.41, 5.74) is 1.49. The zero-order valence-corrected chi connectivity index (χ0v) is 15.9. The molecule has 1 aromatic rings. The number of aliphatic hydroxyl groups excluding tert-OH is 1. The second kappa shape index (κ2) is 8.79. The van der Waals surface area contributed by atoms with Crippen LogP contribution < -0.4 is 5.32 Å². The zero-order valence-electron chi connectivity index (χ0n) is 15.9. The fourth-order valence-corrected chi connectivity index (χ4v) is 3.35. The molecule has 0 aliphatic carbocycles. The molecule has 140 valence electrons. The average Bonchev–Trinajstić information content (AvgIpc) is 2.54. The van der Waals surface area contributed by atoms with Crippen LogP contribution in [0, 0.1) is 0 Å². The average molecular weight is 348 g/mol. The number of morpholine rings is 1. The van der Waals surface area contributed by atoms with Gasteiger partial charge in [-0.2, -0.15) is 0 Å². The number of hydrogen-bond acceptors (Lipinski definition) is 4. The summed E-state index contributed by atoms with van der Waals surface area (Å²) in [6, 6.07) is 7.81. The summed E-state index contributed by atoms with van der Waals surface area (Å²) < 4.78 is 5.77. The molecule has 2 N–H and O–H groups in total. The van der Waals surface area contributed by atoms with Crippen molar-refractivity contribution in [3.8, 4) is 0 Å². The van der Waals surface area contributed by atoms with Crippen molar-refractivity contribution in [3.05, 3.63) is 35.4 Å². The third-order valence-corrected chi connectivity index (χ3v) is 4.98. The highest BCUT2D eigenvalue weighted by Crippen LogP contribution is 2.17. The largest absolute Gasteiger partial charge is 0.396 e. The Bertz CT molecular complexity index is 551. The predicted octanol–water partition coefficient (Wildman–Crippen LogP) is 2.58. The maximum Gasteiger partial charge on any atom is 0.251 e. The van der Waals surface area contributed by atoms with Gasteiger partial charge < -0.3 is 15.2 Å². The Morgan fingerprint density at radius 1 is 1.28 bits per heavy atom. The van der Waals surface area contributed by atoms with Crippen molar-refractivity contribution in [3.63, 3.8) is 0 Å². The highest BCUT2D eigenvalue weighted by Gasteiger charge is 2.24. The molecule has 1 aliphatic heterocycles. The lowest BCUT2D eigenvalue weighted by atomic mass is 9.94. The molecular formula is C20H32N2O3. The Hall–Kier alpha value is -1.43. The second-order valence-electron chi connectivity index (χ2n) is 7.49. The smallest absolute Gasteiger partial charge is 0.251 e. The summed E-state index contributed by atoms with van der Waals surface area (Å²) >= 11 is 0. The van der Waals surface area contributed by atoms with Crippen LogP contribution in [0.15, 0.2) is 24.3 Å². The van der Waals surface area contributed by atoms with Crippen molar-refractivity contribution in [2.24, 2.45) is 0 Å². The molecule has 1 fully saturated rings. The molecule has 1 amide bonds. The Balaban J connectivity index is 1.96. The van der Waals surface area contributed by atoms with Gasteiger partial charge in [-0.15, -0.1) is 0 Å². The summed E-state index contributed by atoms with van der Waals surface area (Å²) in [4.78, 5) is 14.9. The minimum atomic E-state index is -0.370. The number of hydrogen-bond donors (Lipinski definition) is 2. The van der Waals surface area contributed by atoms with Crippen molar-refractivity contribution in [1.29, 1.82) is 0 Å². The molecule has 0 bridgehead atoms. The lowest BCUT2D eigenvalue weighted by molar-refractivity contribution is -0.0704.